The van der Waals surface area contributed by atoms with Crippen molar-refractivity contribution in [1.29, 1.82) is 0 Å². The molecular formula is C30H27N3O2. The van der Waals surface area contributed by atoms with E-state index in [-0.39, 0.29) is 5.97 Å². The average Bonchev–Trinajstić information content (AvgIpc) is 3.22. The minimum Gasteiger partial charge on any atom is -0.456 e. The van der Waals surface area contributed by atoms with Crippen molar-refractivity contribution in [2.75, 3.05) is 0 Å². The third kappa shape index (κ3) is 4.85. The van der Waals surface area contributed by atoms with Crippen LogP contribution in [0.5, 0.6) is 0 Å². The number of carbonyl (C=O) groups is 1. The molecule has 0 radical (unpaired) electrons. The van der Waals surface area contributed by atoms with Crippen LogP contribution < -0.4 is 0 Å². The van der Waals surface area contributed by atoms with Gasteiger partial charge in [-0.2, -0.15) is 0 Å². The van der Waals surface area contributed by atoms with Gasteiger partial charge < -0.3 is 9.30 Å². The topological polar surface area (TPSA) is 57.0 Å². The standard InChI is InChI=1S/C30H27N3O2/c1-30(2,3)35-29(34)24-11-5-4-10-23(24)22-17-15-21(16-18-22)20-33-27-14-7-6-12-25(27)32-28(33)26-13-8-9-19-31-26/h4-19H,20H2,1-3H3. The van der Waals surface area contributed by atoms with E-state index >= 15 is 0 Å². The van der Waals surface area contributed by atoms with E-state index in [1.165, 1.54) is 0 Å². The van der Waals surface area contributed by atoms with Crippen molar-refractivity contribution in [3.63, 3.8) is 0 Å². The highest BCUT2D eigenvalue weighted by Gasteiger charge is 2.21. The zero-order chi connectivity index (χ0) is 24.4. The number of hydrogen-bond donors (Lipinski definition) is 0. The summed E-state index contributed by atoms with van der Waals surface area (Å²) in [6.45, 7) is 6.28. The fourth-order valence-corrected chi connectivity index (χ4v) is 4.14. The Labute approximate surface area is 205 Å². The summed E-state index contributed by atoms with van der Waals surface area (Å²) in [6.07, 6.45) is 1.79. The van der Waals surface area contributed by atoms with Crippen LogP contribution in [-0.4, -0.2) is 26.1 Å². The zero-order valence-corrected chi connectivity index (χ0v) is 20.1. The van der Waals surface area contributed by atoms with Gasteiger partial charge in [0.25, 0.3) is 0 Å². The van der Waals surface area contributed by atoms with Gasteiger partial charge in [0.15, 0.2) is 5.82 Å². The van der Waals surface area contributed by atoms with Crippen LogP contribution in [0.15, 0.2) is 97.2 Å². The molecule has 3 aromatic carbocycles. The summed E-state index contributed by atoms with van der Waals surface area (Å²) >= 11 is 0. The van der Waals surface area contributed by atoms with Crippen LogP contribution in [0, 0.1) is 0 Å². The van der Waals surface area contributed by atoms with Gasteiger partial charge in [-0.25, -0.2) is 9.78 Å². The summed E-state index contributed by atoms with van der Waals surface area (Å²) in [5.74, 6) is 0.521. The minimum atomic E-state index is -0.549. The molecule has 0 spiro atoms. The molecule has 5 aromatic rings. The van der Waals surface area contributed by atoms with Gasteiger partial charge in [-0.15, -0.1) is 0 Å². The normalized spacial score (nSPS) is 11.5. The predicted molar refractivity (Wildman–Crippen MR) is 139 cm³/mol. The molecule has 5 heteroatoms. The van der Waals surface area contributed by atoms with Crippen molar-refractivity contribution in [3.05, 3.63) is 108 Å². The number of benzene rings is 3. The van der Waals surface area contributed by atoms with E-state index in [0.717, 1.165) is 39.2 Å². The summed E-state index contributed by atoms with van der Waals surface area (Å²) in [7, 11) is 0. The van der Waals surface area contributed by atoms with Crippen LogP contribution in [-0.2, 0) is 11.3 Å². The number of aromatic nitrogens is 3. The first-order valence-corrected chi connectivity index (χ1v) is 11.7. The smallest absolute Gasteiger partial charge is 0.339 e. The van der Waals surface area contributed by atoms with Crippen molar-refractivity contribution in [2.24, 2.45) is 0 Å². The van der Waals surface area contributed by atoms with Crippen molar-refractivity contribution >= 4 is 17.0 Å². The predicted octanol–water partition coefficient (Wildman–Crippen LogP) is 6.77. The van der Waals surface area contributed by atoms with Crippen LogP contribution in [0.2, 0.25) is 0 Å². The van der Waals surface area contributed by atoms with Gasteiger partial charge in [0.05, 0.1) is 16.6 Å². The minimum absolute atomic E-state index is 0.318. The summed E-state index contributed by atoms with van der Waals surface area (Å²) in [5, 5.41) is 0. The highest BCUT2D eigenvalue weighted by Crippen LogP contribution is 2.28. The molecule has 0 fully saturated rings. The Morgan fingerprint density at radius 2 is 1.57 bits per heavy atom. The number of para-hydroxylation sites is 2. The van der Waals surface area contributed by atoms with E-state index in [2.05, 4.69) is 39.9 Å². The Kier molecular flexibility index (Phi) is 5.91. The molecule has 0 atom stereocenters. The molecule has 35 heavy (non-hydrogen) atoms. The fraction of sp³-hybridized carbons (Fsp3) is 0.167. The Morgan fingerprint density at radius 3 is 2.31 bits per heavy atom. The molecule has 174 valence electrons. The van der Waals surface area contributed by atoms with Crippen molar-refractivity contribution in [3.8, 4) is 22.6 Å². The Hall–Kier alpha value is -4.25. The van der Waals surface area contributed by atoms with E-state index in [1.54, 1.807) is 6.20 Å². The molecule has 0 aliphatic heterocycles. The van der Waals surface area contributed by atoms with Gasteiger partial charge in [-0.3, -0.25) is 4.98 Å². The number of rotatable bonds is 5. The molecule has 0 saturated heterocycles. The molecule has 0 bridgehead atoms. The largest absolute Gasteiger partial charge is 0.456 e. The number of pyridine rings is 1. The SMILES string of the molecule is CC(C)(C)OC(=O)c1ccccc1-c1ccc(Cn2c(-c3ccccn3)nc3ccccc32)cc1. The first-order valence-electron chi connectivity index (χ1n) is 11.7. The molecule has 0 amide bonds. The maximum atomic E-state index is 12.8. The van der Waals surface area contributed by atoms with E-state index in [0.29, 0.717) is 12.1 Å². The second-order valence-electron chi connectivity index (χ2n) is 9.47. The maximum Gasteiger partial charge on any atom is 0.339 e. The number of nitrogens with zero attached hydrogens (tertiary/aromatic N) is 3. The van der Waals surface area contributed by atoms with Gasteiger partial charge in [0.2, 0.25) is 0 Å². The lowest BCUT2D eigenvalue weighted by molar-refractivity contribution is 0.00704. The average molecular weight is 462 g/mol. The molecule has 0 N–H and O–H groups in total. The van der Waals surface area contributed by atoms with Crippen LogP contribution in [0.1, 0.15) is 36.7 Å². The van der Waals surface area contributed by atoms with Crippen LogP contribution in [0.25, 0.3) is 33.7 Å². The lowest BCUT2D eigenvalue weighted by Crippen LogP contribution is -2.24. The summed E-state index contributed by atoms with van der Waals surface area (Å²) in [6, 6.07) is 29.9. The first kappa shape index (κ1) is 22.5. The fourth-order valence-electron chi connectivity index (χ4n) is 4.14. The van der Waals surface area contributed by atoms with Gasteiger partial charge in [-0.1, -0.05) is 60.7 Å². The van der Waals surface area contributed by atoms with E-state index in [1.807, 2.05) is 81.4 Å². The highest BCUT2D eigenvalue weighted by atomic mass is 16.6. The molecule has 0 unspecified atom stereocenters. The third-order valence-corrected chi connectivity index (χ3v) is 5.70. The molecule has 0 saturated carbocycles. The van der Waals surface area contributed by atoms with Crippen LogP contribution in [0.3, 0.4) is 0 Å². The van der Waals surface area contributed by atoms with Gasteiger partial charge >= 0.3 is 5.97 Å². The zero-order valence-electron chi connectivity index (χ0n) is 20.1. The Bertz CT molecular complexity index is 1480. The lowest BCUT2D eigenvalue weighted by atomic mass is 9.98. The monoisotopic (exact) mass is 461 g/mol. The lowest BCUT2D eigenvalue weighted by Gasteiger charge is -2.20. The summed E-state index contributed by atoms with van der Waals surface area (Å²) < 4.78 is 7.82. The molecule has 0 aliphatic rings. The molecule has 5 nitrogen and oxygen atoms in total. The molecule has 0 aliphatic carbocycles. The molecule has 2 aromatic heterocycles. The highest BCUT2D eigenvalue weighted by molar-refractivity contribution is 5.97. The number of hydrogen-bond acceptors (Lipinski definition) is 4. The molecule has 2 heterocycles. The number of esters is 1. The van der Waals surface area contributed by atoms with Gasteiger partial charge in [0.1, 0.15) is 11.3 Å². The summed E-state index contributed by atoms with van der Waals surface area (Å²) in [5.41, 5.74) is 5.81. The first-order chi connectivity index (χ1) is 16.9. The number of imidazole rings is 1. The molecule has 5 rings (SSSR count). The third-order valence-electron chi connectivity index (χ3n) is 5.70. The second kappa shape index (κ2) is 9.18. The van der Waals surface area contributed by atoms with E-state index in [9.17, 15) is 4.79 Å². The van der Waals surface area contributed by atoms with Gasteiger partial charge in [0, 0.05) is 12.7 Å². The van der Waals surface area contributed by atoms with Gasteiger partial charge in [-0.05, 0) is 67.8 Å². The second-order valence-corrected chi connectivity index (χ2v) is 9.47. The number of carbonyl (C=O) groups excluding carboxylic acids is 1. The maximum absolute atomic E-state index is 12.8. The van der Waals surface area contributed by atoms with Crippen LogP contribution >= 0.6 is 0 Å². The molecular weight excluding hydrogens is 434 g/mol. The quantitative estimate of drug-likeness (QED) is 0.271. The van der Waals surface area contributed by atoms with Crippen molar-refractivity contribution < 1.29 is 9.53 Å². The Morgan fingerprint density at radius 1 is 0.857 bits per heavy atom. The van der Waals surface area contributed by atoms with E-state index < -0.39 is 5.60 Å². The van der Waals surface area contributed by atoms with Crippen LogP contribution in [0.4, 0.5) is 0 Å². The summed E-state index contributed by atoms with van der Waals surface area (Å²) in [4.78, 5) is 22.2. The Balaban J connectivity index is 1.48. The van der Waals surface area contributed by atoms with Crippen molar-refractivity contribution in [2.45, 2.75) is 32.9 Å². The number of ether oxygens (including phenoxy) is 1. The van der Waals surface area contributed by atoms with E-state index in [4.69, 9.17) is 9.72 Å². The number of fused-ring (bicyclic) bond motifs is 1. The van der Waals surface area contributed by atoms with Crippen molar-refractivity contribution in [1.82, 2.24) is 14.5 Å².